The maximum Gasteiger partial charge on any atom is 0.119 e. The van der Waals surface area contributed by atoms with Crippen LogP contribution in [-0.4, -0.2) is 18.1 Å². The van der Waals surface area contributed by atoms with Gasteiger partial charge in [-0.05, 0) is 54.3 Å². The third-order valence-corrected chi connectivity index (χ3v) is 4.83. The highest BCUT2D eigenvalue weighted by atomic mass is 35.5. The van der Waals surface area contributed by atoms with E-state index in [1.807, 2.05) is 6.07 Å². The molecule has 0 amide bonds. The molecule has 2 heterocycles. The Labute approximate surface area is 147 Å². The number of hydrogen-bond donors (Lipinski definition) is 2. The second kappa shape index (κ2) is 6.50. The van der Waals surface area contributed by atoms with Crippen molar-refractivity contribution in [3.05, 3.63) is 64.3 Å². The minimum Gasteiger partial charge on any atom is -0.494 e. The van der Waals surface area contributed by atoms with E-state index in [1.165, 1.54) is 22.2 Å². The van der Waals surface area contributed by atoms with Gasteiger partial charge in [0.2, 0.25) is 0 Å². The van der Waals surface area contributed by atoms with Crippen LogP contribution in [0.15, 0.2) is 42.5 Å². The molecule has 24 heavy (non-hydrogen) atoms. The number of fused-ring (bicyclic) bond motifs is 3. The smallest absolute Gasteiger partial charge is 0.119 e. The summed E-state index contributed by atoms with van der Waals surface area (Å²) in [5, 5.41) is 5.66. The van der Waals surface area contributed by atoms with Crippen molar-refractivity contribution in [3.8, 4) is 5.75 Å². The van der Waals surface area contributed by atoms with Crippen LogP contribution in [0.5, 0.6) is 5.75 Å². The minimum atomic E-state index is 0.181. The molecule has 1 aliphatic heterocycles. The monoisotopic (exact) mass is 340 g/mol. The van der Waals surface area contributed by atoms with Gasteiger partial charge in [-0.1, -0.05) is 30.7 Å². The first-order valence-corrected chi connectivity index (χ1v) is 8.90. The molecule has 0 fully saturated rings. The van der Waals surface area contributed by atoms with Gasteiger partial charge in [-0.2, -0.15) is 0 Å². The fourth-order valence-electron chi connectivity index (χ4n) is 3.46. The molecule has 0 bridgehead atoms. The zero-order chi connectivity index (χ0) is 16.5. The van der Waals surface area contributed by atoms with Crippen molar-refractivity contribution in [2.24, 2.45) is 0 Å². The molecule has 1 unspecified atom stereocenters. The van der Waals surface area contributed by atoms with E-state index in [1.54, 1.807) is 0 Å². The molecule has 2 aromatic carbocycles. The molecule has 0 saturated carbocycles. The van der Waals surface area contributed by atoms with E-state index in [9.17, 15) is 0 Å². The third kappa shape index (κ3) is 2.79. The quantitative estimate of drug-likeness (QED) is 0.712. The summed E-state index contributed by atoms with van der Waals surface area (Å²) in [6.07, 6.45) is 2.04. The van der Waals surface area contributed by atoms with Gasteiger partial charge in [0, 0.05) is 28.2 Å². The molecule has 0 aliphatic carbocycles. The molecule has 1 aliphatic rings. The highest BCUT2D eigenvalue weighted by Gasteiger charge is 2.25. The Kier molecular flexibility index (Phi) is 4.21. The van der Waals surface area contributed by atoms with Gasteiger partial charge in [0.25, 0.3) is 0 Å². The lowest BCUT2D eigenvalue weighted by molar-refractivity contribution is 0.317. The van der Waals surface area contributed by atoms with Crippen molar-refractivity contribution in [1.29, 1.82) is 0 Å². The fourth-order valence-corrected chi connectivity index (χ4v) is 3.63. The first kappa shape index (κ1) is 15.6. The molecular weight excluding hydrogens is 320 g/mol. The van der Waals surface area contributed by atoms with E-state index in [2.05, 4.69) is 53.6 Å². The molecule has 3 nitrogen and oxygen atoms in total. The molecule has 3 aromatic rings. The Morgan fingerprint density at radius 2 is 2.00 bits per heavy atom. The lowest BCUT2D eigenvalue weighted by Crippen LogP contribution is -2.30. The highest BCUT2D eigenvalue weighted by Crippen LogP contribution is 2.35. The molecule has 4 rings (SSSR count). The van der Waals surface area contributed by atoms with Crippen LogP contribution < -0.4 is 10.1 Å². The summed E-state index contributed by atoms with van der Waals surface area (Å²) < 4.78 is 5.69. The summed E-state index contributed by atoms with van der Waals surface area (Å²) >= 11 is 6.19. The van der Waals surface area contributed by atoms with Crippen molar-refractivity contribution in [3.63, 3.8) is 0 Å². The zero-order valence-corrected chi connectivity index (χ0v) is 14.5. The van der Waals surface area contributed by atoms with Crippen LogP contribution in [0.25, 0.3) is 10.9 Å². The number of ether oxygens (including phenoxy) is 1. The second-order valence-electron chi connectivity index (χ2n) is 6.26. The average Bonchev–Trinajstić information content (AvgIpc) is 2.98. The molecule has 124 valence electrons. The number of aromatic amines is 1. The van der Waals surface area contributed by atoms with Crippen LogP contribution in [-0.2, 0) is 6.42 Å². The zero-order valence-electron chi connectivity index (χ0n) is 13.7. The average molecular weight is 341 g/mol. The molecule has 0 spiro atoms. The molecule has 2 N–H and O–H groups in total. The summed E-state index contributed by atoms with van der Waals surface area (Å²) in [6.45, 7) is 3.84. The van der Waals surface area contributed by atoms with Crippen LogP contribution in [0.3, 0.4) is 0 Å². The number of hydrogen-bond acceptors (Lipinski definition) is 2. The summed E-state index contributed by atoms with van der Waals surface area (Å²) in [6, 6.07) is 14.7. The van der Waals surface area contributed by atoms with E-state index in [4.69, 9.17) is 16.3 Å². The van der Waals surface area contributed by atoms with Gasteiger partial charge in [0.1, 0.15) is 5.75 Å². The number of aromatic nitrogens is 1. The lowest BCUT2D eigenvalue weighted by Gasteiger charge is -2.25. The van der Waals surface area contributed by atoms with Gasteiger partial charge in [0.15, 0.2) is 0 Å². The minimum absolute atomic E-state index is 0.181. The highest BCUT2D eigenvalue weighted by molar-refractivity contribution is 6.31. The Morgan fingerprint density at radius 3 is 2.79 bits per heavy atom. The van der Waals surface area contributed by atoms with E-state index in [-0.39, 0.29) is 6.04 Å². The predicted octanol–water partition coefficient (Wildman–Crippen LogP) is 4.85. The standard InChI is InChI=1S/C20H21ClN2O/c1-2-11-24-15-6-3-13(4-7-15)19-20-16(9-10-22-19)17-12-14(21)5-8-18(17)23-20/h3-8,12,19,22-23H,2,9-11H2,1H3. The van der Waals surface area contributed by atoms with Gasteiger partial charge in [-0.15, -0.1) is 0 Å². The summed E-state index contributed by atoms with van der Waals surface area (Å²) in [4.78, 5) is 3.59. The van der Waals surface area contributed by atoms with Gasteiger partial charge in [0.05, 0.1) is 12.6 Å². The Morgan fingerprint density at radius 1 is 1.17 bits per heavy atom. The van der Waals surface area contributed by atoms with Crippen LogP contribution in [0.1, 0.15) is 36.2 Å². The van der Waals surface area contributed by atoms with Crippen LogP contribution in [0, 0.1) is 0 Å². The van der Waals surface area contributed by atoms with Gasteiger partial charge < -0.3 is 15.0 Å². The Balaban J connectivity index is 1.70. The number of benzene rings is 2. The van der Waals surface area contributed by atoms with Crippen molar-refractivity contribution in [1.82, 2.24) is 10.3 Å². The molecule has 0 radical (unpaired) electrons. The largest absolute Gasteiger partial charge is 0.494 e. The number of nitrogens with one attached hydrogen (secondary N) is 2. The Hall–Kier alpha value is -1.97. The van der Waals surface area contributed by atoms with Crippen molar-refractivity contribution in [2.45, 2.75) is 25.8 Å². The predicted molar refractivity (Wildman–Crippen MR) is 99.1 cm³/mol. The summed E-state index contributed by atoms with van der Waals surface area (Å²) in [7, 11) is 0. The van der Waals surface area contributed by atoms with Crippen LogP contribution in [0.4, 0.5) is 0 Å². The van der Waals surface area contributed by atoms with E-state index in [0.29, 0.717) is 0 Å². The Bertz CT molecular complexity index is 854. The normalized spacial score (nSPS) is 17.0. The molecular formula is C20H21ClN2O. The van der Waals surface area contributed by atoms with Crippen LogP contribution >= 0.6 is 11.6 Å². The number of rotatable bonds is 4. The molecule has 1 aromatic heterocycles. The molecule has 1 atom stereocenters. The van der Waals surface area contributed by atoms with Crippen molar-refractivity contribution in [2.75, 3.05) is 13.2 Å². The van der Waals surface area contributed by atoms with E-state index >= 15 is 0 Å². The summed E-state index contributed by atoms with van der Waals surface area (Å²) in [5.41, 5.74) is 5.03. The first-order chi connectivity index (χ1) is 11.8. The molecule has 4 heteroatoms. The topological polar surface area (TPSA) is 37.0 Å². The first-order valence-electron chi connectivity index (χ1n) is 8.52. The fraction of sp³-hybridized carbons (Fsp3) is 0.300. The SMILES string of the molecule is CCCOc1ccc(C2NCCc3c2[nH]c2ccc(Cl)cc32)cc1. The van der Waals surface area contributed by atoms with E-state index < -0.39 is 0 Å². The maximum atomic E-state index is 6.19. The van der Waals surface area contributed by atoms with E-state index in [0.717, 1.165) is 42.3 Å². The lowest BCUT2D eigenvalue weighted by atomic mass is 9.94. The number of halogens is 1. The van der Waals surface area contributed by atoms with Crippen molar-refractivity contribution >= 4 is 22.5 Å². The van der Waals surface area contributed by atoms with Crippen molar-refractivity contribution < 1.29 is 4.74 Å². The maximum absolute atomic E-state index is 6.19. The van der Waals surface area contributed by atoms with Gasteiger partial charge in [-0.25, -0.2) is 0 Å². The van der Waals surface area contributed by atoms with Gasteiger partial charge >= 0.3 is 0 Å². The third-order valence-electron chi connectivity index (χ3n) is 4.60. The van der Waals surface area contributed by atoms with Gasteiger partial charge in [-0.3, -0.25) is 0 Å². The molecule has 0 saturated heterocycles. The second-order valence-corrected chi connectivity index (χ2v) is 6.70. The van der Waals surface area contributed by atoms with Crippen LogP contribution in [0.2, 0.25) is 5.02 Å². The summed E-state index contributed by atoms with van der Waals surface area (Å²) in [5.74, 6) is 0.931. The number of H-pyrrole nitrogens is 1.